The number of hydrogen-bond acceptors (Lipinski definition) is 5. The second-order valence-electron chi connectivity index (χ2n) is 7.14. The van der Waals surface area contributed by atoms with Crippen LogP contribution in [0.1, 0.15) is 40.7 Å². The molecule has 0 aliphatic carbocycles. The van der Waals surface area contributed by atoms with Crippen LogP contribution in [-0.4, -0.2) is 37.4 Å². The fraction of sp³-hybridized carbons (Fsp3) is 0.273. The maximum absolute atomic E-state index is 13.8. The van der Waals surface area contributed by atoms with Crippen molar-refractivity contribution in [1.82, 2.24) is 29.7 Å². The van der Waals surface area contributed by atoms with Crippen LogP contribution in [0.15, 0.2) is 42.7 Å². The number of benzene rings is 1. The van der Waals surface area contributed by atoms with Crippen molar-refractivity contribution in [3.63, 3.8) is 0 Å². The normalized spacial score (nSPS) is 11.3. The quantitative estimate of drug-likeness (QED) is 0.473. The molecular weight excluding hydrogens is 418 g/mol. The Hall–Kier alpha value is -3.82. The lowest BCUT2D eigenvalue weighted by Crippen LogP contribution is -2.23. The molecule has 0 atom stereocenters. The summed E-state index contributed by atoms with van der Waals surface area (Å²) in [6.45, 7) is 4.88. The molecule has 0 spiro atoms. The number of alkyl halides is 2. The first-order valence-electron chi connectivity index (χ1n) is 10.0. The predicted octanol–water partition coefficient (Wildman–Crippen LogP) is 3.80. The third-order valence-corrected chi connectivity index (χ3v) is 5.30. The summed E-state index contributed by atoms with van der Waals surface area (Å²) in [5.74, 6) is 0.179. The Morgan fingerprint density at radius 3 is 2.56 bits per heavy atom. The van der Waals surface area contributed by atoms with Crippen LogP contribution in [0.3, 0.4) is 0 Å². The number of ether oxygens (including phenoxy) is 1. The van der Waals surface area contributed by atoms with Gasteiger partial charge in [0.05, 0.1) is 25.2 Å². The largest absolute Gasteiger partial charge is 0.497 e. The second-order valence-corrected chi connectivity index (χ2v) is 7.14. The fourth-order valence-electron chi connectivity index (χ4n) is 3.46. The van der Waals surface area contributed by atoms with Gasteiger partial charge in [-0.15, -0.1) is 0 Å². The second kappa shape index (κ2) is 8.74. The number of methoxy groups -OCH3 is 1. The van der Waals surface area contributed by atoms with E-state index in [2.05, 4.69) is 20.5 Å². The van der Waals surface area contributed by atoms with Gasteiger partial charge in [-0.2, -0.15) is 10.2 Å². The number of amides is 1. The number of nitrogens with zero attached hydrogens (tertiary/aromatic N) is 5. The summed E-state index contributed by atoms with van der Waals surface area (Å²) >= 11 is 0. The Balaban J connectivity index is 1.69. The molecule has 0 aliphatic rings. The van der Waals surface area contributed by atoms with Crippen LogP contribution < -0.4 is 10.1 Å². The lowest BCUT2D eigenvalue weighted by molar-refractivity contribution is 0.0952. The molecule has 0 radical (unpaired) electrons. The van der Waals surface area contributed by atoms with Gasteiger partial charge >= 0.3 is 0 Å². The molecule has 4 rings (SSSR count). The fourth-order valence-corrected chi connectivity index (χ4v) is 3.46. The maximum atomic E-state index is 13.8. The maximum Gasteiger partial charge on any atom is 0.280 e. The highest BCUT2D eigenvalue weighted by Crippen LogP contribution is 2.28. The van der Waals surface area contributed by atoms with Crippen LogP contribution in [0.2, 0.25) is 0 Å². The zero-order chi connectivity index (χ0) is 22.8. The van der Waals surface area contributed by atoms with Crippen molar-refractivity contribution >= 4 is 11.6 Å². The van der Waals surface area contributed by atoms with E-state index < -0.39 is 12.3 Å². The topological polar surface area (TPSA) is 86.3 Å². The van der Waals surface area contributed by atoms with Crippen molar-refractivity contribution in [2.75, 3.05) is 7.11 Å². The number of halogens is 2. The zero-order valence-corrected chi connectivity index (χ0v) is 17.8. The van der Waals surface area contributed by atoms with Gasteiger partial charge in [0.2, 0.25) is 0 Å². The number of aryl methyl sites for hydroxylation is 1. The molecule has 1 amide bonds. The van der Waals surface area contributed by atoms with Crippen molar-refractivity contribution in [2.45, 2.75) is 33.4 Å². The number of fused-ring (bicyclic) bond motifs is 1. The van der Waals surface area contributed by atoms with E-state index in [0.29, 0.717) is 17.0 Å². The summed E-state index contributed by atoms with van der Waals surface area (Å²) in [7, 11) is 1.54. The van der Waals surface area contributed by atoms with Crippen molar-refractivity contribution in [2.24, 2.45) is 0 Å². The highest BCUT2D eigenvalue weighted by atomic mass is 19.3. The molecule has 0 saturated heterocycles. The molecule has 3 aromatic heterocycles. The summed E-state index contributed by atoms with van der Waals surface area (Å²) in [6.07, 6.45) is 0.157. The number of carbonyl (C=O) groups is 1. The zero-order valence-electron chi connectivity index (χ0n) is 17.8. The lowest BCUT2D eigenvalue weighted by atomic mass is 10.1. The smallest absolute Gasteiger partial charge is 0.280 e. The molecule has 0 aliphatic heterocycles. The summed E-state index contributed by atoms with van der Waals surface area (Å²) < 4.78 is 35.5. The minimum Gasteiger partial charge on any atom is -0.497 e. The predicted molar refractivity (Wildman–Crippen MR) is 114 cm³/mol. The number of nitrogens with one attached hydrogen (secondary N) is 1. The third kappa shape index (κ3) is 3.91. The van der Waals surface area contributed by atoms with Gasteiger partial charge in [-0.1, -0.05) is 0 Å². The van der Waals surface area contributed by atoms with E-state index in [1.54, 1.807) is 37.6 Å². The van der Waals surface area contributed by atoms with E-state index in [1.165, 1.54) is 12.3 Å². The van der Waals surface area contributed by atoms with Crippen molar-refractivity contribution < 1.29 is 18.3 Å². The summed E-state index contributed by atoms with van der Waals surface area (Å²) in [4.78, 5) is 17.3. The van der Waals surface area contributed by atoms with E-state index in [0.717, 1.165) is 22.3 Å². The summed E-state index contributed by atoms with van der Waals surface area (Å²) in [6, 6.07) is 8.14. The number of rotatable bonds is 7. The molecule has 0 fully saturated rings. The van der Waals surface area contributed by atoms with Gasteiger partial charge in [0.25, 0.3) is 12.3 Å². The Morgan fingerprint density at radius 1 is 1.19 bits per heavy atom. The van der Waals surface area contributed by atoms with Crippen molar-refractivity contribution in [3.8, 4) is 17.0 Å². The van der Waals surface area contributed by atoms with Crippen LogP contribution in [0.5, 0.6) is 5.75 Å². The molecule has 32 heavy (non-hydrogen) atoms. The molecule has 3 heterocycles. The standard InChI is InChI=1S/C22H22F2N6O2/c1-4-29-13(2)15(11-26-29)10-25-22(31)17-12-27-30-19(20(23)24)9-18(28-21(17)30)14-5-7-16(32-3)8-6-14/h5-9,11-12,20H,4,10H2,1-3H3,(H,25,31). The van der Waals surface area contributed by atoms with Gasteiger partial charge in [0.1, 0.15) is 17.0 Å². The van der Waals surface area contributed by atoms with Gasteiger partial charge in [0, 0.05) is 29.9 Å². The SMILES string of the molecule is CCn1ncc(CNC(=O)c2cnn3c(C(F)F)cc(-c4ccc(OC)cc4)nc23)c1C. The number of hydrogen-bond donors (Lipinski definition) is 1. The molecule has 4 aromatic rings. The van der Waals surface area contributed by atoms with Crippen LogP contribution in [0.4, 0.5) is 8.78 Å². The Morgan fingerprint density at radius 2 is 1.94 bits per heavy atom. The van der Waals surface area contributed by atoms with Crippen LogP contribution >= 0.6 is 0 Å². The molecule has 8 nitrogen and oxygen atoms in total. The van der Waals surface area contributed by atoms with E-state index in [-0.39, 0.29) is 23.4 Å². The van der Waals surface area contributed by atoms with Crippen molar-refractivity contribution in [1.29, 1.82) is 0 Å². The van der Waals surface area contributed by atoms with Crippen LogP contribution in [0, 0.1) is 6.92 Å². The molecule has 0 bridgehead atoms. The van der Waals surface area contributed by atoms with Gasteiger partial charge in [0.15, 0.2) is 5.65 Å². The Bertz CT molecular complexity index is 1260. The average Bonchev–Trinajstić information content (AvgIpc) is 3.39. The first kappa shape index (κ1) is 21.4. The average molecular weight is 440 g/mol. The third-order valence-electron chi connectivity index (χ3n) is 5.30. The van der Waals surface area contributed by atoms with E-state index in [9.17, 15) is 13.6 Å². The van der Waals surface area contributed by atoms with E-state index in [1.807, 2.05) is 18.5 Å². The Kier molecular flexibility index (Phi) is 5.85. The van der Waals surface area contributed by atoms with E-state index in [4.69, 9.17) is 4.74 Å². The number of carbonyl (C=O) groups excluding carboxylic acids is 1. The molecule has 1 N–H and O–H groups in total. The Labute approximate surface area is 182 Å². The molecule has 10 heteroatoms. The summed E-state index contributed by atoms with van der Waals surface area (Å²) in [5, 5.41) is 11.1. The van der Waals surface area contributed by atoms with Crippen LogP contribution in [-0.2, 0) is 13.1 Å². The number of aromatic nitrogens is 5. The molecule has 0 saturated carbocycles. The minimum absolute atomic E-state index is 0.0621. The van der Waals surface area contributed by atoms with E-state index >= 15 is 0 Å². The first-order valence-corrected chi connectivity index (χ1v) is 10.0. The lowest BCUT2D eigenvalue weighted by Gasteiger charge is -2.09. The molecule has 1 aromatic carbocycles. The van der Waals surface area contributed by atoms with Gasteiger partial charge < -0.3 is 10.1 Å². The highest BCUT2D eigenvalue weighted by Gasteiger charge is 2.22. The molecule has 0 unspecified atom stereocenters. The van der Waals surface area contributed by atoms with Gasteiger partial charge in [-0.05, 0) is 44.2 Å². The monoisotopic (exact) mass is 440 g/mol. The molecular formula is C22H22F2N6O2. The van der Waals surface area contributed by atoms with Crippen molar-refractivity contribution in [3.05, 3.63) is 65.2 Å². The van der Waals surface area contributed by atoms with Gasteiger partial charge in [-0.25, -0.2) is 18.3 Å². The van der Waals surface area contributed by atoms with Gasteiger partial charge in [-0.3, -0.25) is 9.48 Å². The summed E-state index contributed by atoms with van der Waals surface area (Å²) in [5.41, 5.74) is 2.58. The minimum atomic E-state index is -2.80. The first-order chi connectivity index (χ1) is 15.4. The molecule has 166 valence electrons. The highest BCUT2D eigenvalue weighted by molar-refractivity contribution is 5.99. The van der Waals surface area contributed by atoms with Crippen LogP contribution in [0.25, 0.3) is 16.9 Å².